The SMILES string of the molecule is O=C(Cc1ccccc1)NC(=O)Nc1ccc(Oc2ccnc(CCCC(=O)N3CCN(CCCCC4CCC4)CC3)c2)cc1. The van der Waals surface area contributed by atoms with E-state index in [0.29, 0.717) is 30.0 Å². The van der Waals surface area contributed by atoms with E-state index in [4.69, 9.17) is 4.74 Å². The molecule has 238 valence electrons. The molecule has 2 N–H and O–H groups in total. The number of piperazine rings is 1. The van der Waals surface area contributed by atoms with Crippen molar-refractivity contribution >= 4 is 23.5 Å². The first-order valence-electron chi connectivity index (χ1n) is 16.4. The average Bonchev–Trinajstić information content (AvgIpc) is 3.02. The van der Waals surface area contributed by atoms with Crippen LogP contribution in [0.5, 0.6) is 11.5 Å². The Morgan fingerprint density at radius 3 is 2.38 bits per heavy atom. The molecule has 1 aliphatic carbocycles. The van der Waals surface area contributed by atoms with Gasteiger partial charge in [0, 0.05) is 56.2 Å². The number of aryl methyl sites for hydroxylation is 1. The number of carbonyl (C=O) groups excluding carboxylic acids is 3. The molecule has 2 fully saturated rings. The lowest BCUT2D eigenvalue weighted by molar-refractivity contribution is -0.133. The van der Waals surface area contributed by atoms with Gasteiger partial charge in [0.05, 0.1) is 6.42 Å². The fraction of sp³-hybridized carbons (Fsp3) is 0.444. The number of rotatable bonds is 14. The van der Waals surface area contributed by atoms with Gasteiger partial charge in [0.1, 0.15) is 11.5 Å². The Kier molecular flexibility index (Phi) is 12.0. The number of ether oxygens (including phenoxy) is 1. The zero-order valence-electron chi connectivity index (χ0n) is 26.1. The van der Waals surface area contributed by atoms with E-state index in [9.17, 15) is 14.4 Å². The number of urea groups is 1. The first-order valence-corrected chi connectivity index (χ1v) is 16.4. The van der Waals surface area contributed by atoms with Crippen LogP contribution in [-0.2, 0) is 22.4 Å². The highest BCUT2D eigenvalue weighted by molar-refractivity contribution is 6.01. The van der Waals surface area contributed by atoms with Gasteiger partial charge in [-0.25, -0.2) is 4.79 Å². The fourth-order valence-corrected chi connectivity index (χ4v) is 5.86. The normalized spacial score (nSPS) is 15.2. The van der Waals surface area contributed by atoms with E-state index in [1.807, 2.05) is 41.3 Å². The second kappa shape index (κ2) is 16.7. The number of carbonyl (C=O) groups is 3. The molecule has 45 heavy (non-hydrogen) atoms. The zero-order valence-corrected chi connectivity index (χ0v) is 26.1. The van der Waals surface area contributed by atoms with E-state index < -0.39 is 6.03 Å². The van der Waals surface area contributed by atoms with Gasteiger partial charge in [0.25, 0.3) is 0 Å². The first-order chi connectivity index (χ1) is 22.0. The maximum atomic E-state index is 12.8. The average molecular weight is 612 g/mol. The van der Waals surface area contributed by atoms with Crippen LogP contribution in [-0.4, -0.2) is 65.4 Å². The molecule has 0 radical (unpaired) electrons. The minimum absolute atomic E-state index is 0.128. The molecule has 9 heteroatoms. The Balaban J connectivity index is 0.975. The zero-order chi connectivity index (χ0) is 31.3. The summed E-state index contributed by atoms with van der Waals surface area (Å²) < 4.78 is 6.00. The molecular weight excluding hydrogens is 566 g/mol. The first kappa shape index (κ1) is 32.2. The molecule has 1 saturated heterocycles. The lowest BCUT2D eigenvalue weighted by atomic mass is 9.82. The molecule has 0 unspecified atom stereocenters. The number of nitrogens with one attached hydrogen (secondary N) is 2. The number of benzene rings is 2. The van der Waals surface area contributed by atoms with Crippen molar-refractivity contribution in [1.82, 2.24) is 20.1 Å². The van der Waals surface area contributed by atoms with Gasteiger partial charge in [-0.15, -0.1) is 0 Å². The predicted octanol–water partition coefficient (Wildman–Crippen LogP) is 6.20. The number of pyridine rings is 1. The summed E-state index contributed by atoms with van der Waals surface area (Å²) in [6.45, 7) is 4.78. The summed E-state index contributed by atoms with van der Waals surface area (Å²) >= 11 is 0. The molecule has 2 aliphatic rings. The van der Waals surface area contributed by atoms with Crippen molar-refractivity contribution in [1.29, 1.82) is 0 Å². The monoisotopic (exact) mass is 611 g/mol. The summed E-state index contributed by atoms with van der Waals surface area (Å²) in [4.78, 5) is 46.1. The largest absolute Gasteiger partial charge is 0.457 e. The van der Waals surface area contributed by atoms with Gasteiger partial charge in [-0.05, 0) is 67.6 Å². The van der Waals surface area contributed by atoms with Crippen molar-refractivity contribution in [2.75, 3.05) is 38.0 Å². The summed E-state index contributed by atoms with van der Waals surface area (Å²) in [5.74, 6) is 2.11. The number of imide groups is 1. The van der Waals surface area contributed by atoms with Crippen molar-refractivity contribution in [3.05, 3.63) is 84.2 Å². The highest BCUT2D eigenvalue weighted by atomic mass is 16.5. The lowest BCUT2D eigenvalue weighted by Gasteiger charge is -2.35. The smallest absolute Gasteiger partial charge is 0.325 e. The van der Waals surface area contributed by atoms with Crippen LogP contribution < -0.4 is 15.4 Å². The summed E-state index contributed by atoms with van der Waals surface area (Å²) in [7, 11) is 0. The molecule has 2 heterocycles. The minimum atomic E-state index is -0.589. The van der Waals surface area contributed by atoms with Gasteiger partial charge < -0.3 is 15.0 Å². The van der Waals surface area contributed by atoms with Gasteiger partial charge in [0.15, 0.2) is 0 Å². The van der Waals surface area contributed by atoms with Crippen LogP contribution in [0.1, 0.15) is 62.6 Å². The van der Waals surface area contributed by atoms with Crippen LogP contribution in [0.4, 0.5) is 10.5 Å². The van der Waals surface area contributed by atoms with Gasteiger partial charge >= 0.3 is 6.03 Å². The molecule has 5 rings (SSSR count). The second-order valence-corrected chi connectivity index (χ2v) is 12.1. The van der Waals surface area contributed by atoms with Crippen LogP contribution in [0, 0.1) is 5.92 Å². The van der Waals surface area contributed by atoms with Crippen molar-refractivity contribution in [3.63, 3.8) is 0 Å². The van der Waals surface area contributed by atoms with Crippen molar-refractivity contribution < 1.29 is 19.1 Å². The number of nitrogens with zero attached hydrogens (tertiary/aromatic N) is 3. The van der Waals surface area contributed by atoms with Gasteiger partial charge in [0.2, 0.25) is 11.8 Å². The number of hydrogen-bond acceptors (Lipinski definition) is 6. The van der Waals surface area contributed by atoms with Crippen molar-refractivity contribution in [3.8, 4) is 11.5 Å². The molecule has 2 aromatic carbocycles. The molecule has 1 aliphatic heterocycles. The Hall–Kier alpha value is -4.24. The van der Waals surface area contributed by atoms with Crippen LogP contribution in [0.2, 0.25) is 0 Å². The van der Waals surface area contributed by atoms with Crippen LogP contribution in [0.25, 0.3) is 0 Å². The summed E-state index contributed by atoms with van der Waals surface area (Å²) in [6.07, 6.45) is 12.1. The Labute approximate surface area is 266 Å². The molecule has 0 atom stereocenters. The summed E-state index contributed by atoms with van der Waals surface area (Å²) in [5, 5.41) is 5.01. The predicted molar refractivity (Wildman–Crippen MR) is 175 cm³/mol. The van der Waals surface area contributed by atoms with Crippen LogP contribution in [0.15, 0.2) is 72.9 Å². The third-order valence-electron chi connectivity index (χ3n) is 8.71. The van der Waals surface area contributed by atoms with Crippen molar-refractivity contribution in [2.24, 2.45) is 5.92 Å². The Morgan fingerprint density at radius 1 is 0.867 bits per heavy atom. The number of aromatic nitrogens is 1. The molecule has 0 spiro atoms. The molecule has 0 bridgehead atoms. The summed E-state index contributed by atoms with van der Waals surface area (Å²) in [6, 6.07) is 19.3. The number of anilines is 1. The molecule has 9 nitrogen and oxygen atoms in total. The lowest BCUT2D eigenvalue weighted by Crippen LogP contribution is -2.48. The minimum Gasteiger partial charge on any atom is -0.457 e. The third-order valence-corrected chi connectivity index (χ3v) is 8.71. The van der Waals surface area contributed by atoms with Gasteiger partial charge in [-0.2, -0.15) is 0 Å². The number of unbranched alkanes of at least 4 members (excludes halogenated alkanes) is 1. The van der Waals surface area contributed by atoms with E-state index in [0.717, 1.165) is 56.3 Å². The molecular formula is C36H45N5O4. The summed E-state index contributed by atoms with van der Waals surface area (Å²) in [5.41, 5.74) is 2.25. The highest BCUT2D eigenvalue weighted by Crippen LogP contribution is 2.30. The van der Waals surface area contributed by atoms with Gasteiger partial charge in [-0.3, -0.25) is 24.8 Å². The molecule has 1 saturated carbocycles. The van der Waals surface area contributed by atoms with Crippen LogP contribution >= 0.6 is 0 Å². The standard InChI is InChI=1S/C36H45N5O4/c42-34(26-29-9-2-1-3-10-29)39-36(44)38-30-15-17-32(18-16-30)45-33-19-20-37-31(27-33)13-7-14-35(43)41-24-22-40(23-25-41)21-5-4-8-28-11-6-12-28/h1-3,9-10,15-20,27-28H,4-8,11-14,21-26H2,(H2,38,39,42,44). The highest BCUT2D eigenvalue weighted by Gasteiger charge is 2.21. The van der Waals surface area contributed by atoms with E-state index in [-0.39, 0.29) is 18.2 Å². The van der Waals surface area contributed by atoms with Crippen LogP contribution in [0.3, 0.4) is 0 Å². The maximum absolute atomic E-state index is 12.8. The Bertz CT molecular complexity index is 1390. The fourth-order valence-electron chi connectivity index (χ4n) is 5.86. The number of amides is 4. The molecule has 4 amide bonds. The molecule has 3 aromatic rings. The van der Waals surface area contributed by atoms with E-state index in [1.54, 1.807) is 36.5 Å². The quantitative estimate of drug-likeness (QED) is 0.210. The third kappa shape index (κ3) is 10.7. The van der Waals surface area contributed by atoms with E-state index in [2.05, 4.69) is 20.5 Å². The maximum Gasteiger partial charge on any atom is 0.325 e. The van der Waals surface area contributed by atoms with Crippen molar-refractivity contribution in [2.45, 2.75) is 64.2 Å². The second-order valence-electron chi connectivity index (χ2n) is 12.1. The Morgan fingerprint density at radius 2 is 1.64 bits per heavy atom. The number of hydrogen-bond donors (Lipinski definition) is 2. The van der Waals surface area contributed by atoms with E-state index in [1.165, 1.54) is 38.5 Å². The van der Waals surface area contributed by atoms with Gasteiger partial charge in [-0.1, -0.05) is 62.4 Å². The van der Waals surface area contributed by atoms with E-state index >= 15 is 0 Å². The topological polar surface area (TPSA) is 104 Å². The molecule has 1 aromatic heterocycles.